The number of carbonyl (C=O) groups is 6. The van der Waals surface area contributed by atoms with Crippen molar-refractivity contribution in [1.82, 2.24) is 25.8 Å². The Morgan fingerprint density at radius 3 is 2.21 bits per heavy atom. The van der Waals surface area contributed by atoms with Gasteiger partial charge in [-0.1, -0.05) is 54.4 Å². The molecule has 0 radical (unpaired) electrons. The molecule has 12 nitrogen and oxygen atoms in total. The van der Waals surface area contributed by atoms with Gasteiger partial charge in [-0.15, -0.1) is 0 Å². The highest BCUT2D eigenvalue weighted by molar-refractivity contribution is 6.37. The first kappa shape index (κ1) is 34.4. The minimum absolute atomic E-state index is 0.250. The van der Waals surface area contributed by atoms with Crippen molar-refractivity contribution in [3.8, 4) is 0 Å². The molecule has 42 heavy (non-hydrogen) atoms. The molecular formula is C30H46N6O6. The van der Waals surface area contributed by atoms with Gasteiger partial charge in [-0.25, -0.2) is 4.79 Å². The number of hydrogen-bond donors (Lipinski definition) is 4. The number of rotatable bonds is 12. The van der Waals surface area contributed by atoms with Gasteiger partial charge < -0.3 is 26.6 Å². The van der Waals surface area contributed by atoms with Gasteiger partial charge in [0.2, 0.25) is 17.6 Å². The van der Waals surface area contributed by atoms with Gasteiger partial charge in [-0.3, -0.25) is 29.0 Å². The van der Waals surface area contributed by atoms with Crippen LogP contribution in [0.15, 0.2) is 24.5 Å². The normalized spacial score (nSPS) is 18.4. The van der Waals surface area contributed by atoms with Crippen molar-refractivity contribution < 1.29 is 28.8 Å². The van der Waals surface area contributed by atoms with E-state index in [1.165, 1.54) is 11.1 Å². The van der Waals surface area contributed by atoms with Crippen molar-refractivity contribution in [2.45, 2.75) is 104 Å². The number of nitrogens with two attached hydrogens (primary N) is 1. The number of nitrogens with zero attached hydrogens (tertiary/aromatic N) is 2. The van der Waals surface area contributed by atoms with Crippen LogP contribution in [-0.4, -0.2) is 75.9 Å². The van der Waals surface area contributed by atoms with Crippen molar-refractivity contribution in [1.29, 1.82) is 0 Å². The van der Waals surface area contributed by atoms with Crippen LogP contribution in [0, 0.1) is 11.3 Å². The fourth-order valence-electron chi connectivity index (χ4n) is 4.87. The van der Waals surface area contributed by atoms with Crippen LogP contribution in [0.4, 0.5) is 4.79 Å². The first-order valence-corrected chi connectivity index (χ1v) is 14.8. The van der Waals surface area contributed by atoms with E-state index in [4.69, 9.17) is 5.73 Å². The minimum atomic E-state index is -1.11. The lowest BCUT2D eigenvalue weighted by atomic mass is 9.85. The fraction of sp³-hybridized carbons (Fsp3) is 0.633. The predicted molar refractivity (Wildman–Crippen MR) is 157 cm³/mol. The van der Waals surface area contributed by atoms with Crippen molar-refractivity contribution in [2.75, 3.05) is 6.54 Å². The summed E-state index contributed by atoms with van der Waals surface area (Å²) in [4.78, 5) is 82.1. The van der Waals surface area contributed by atoms with Crippen molar-refractivity contribution in [2.24, 2.45) is 17.1 Å². The van der Waals surface area contributed by atoms with Crippen molar-refractivity contribution in [3.63, 3.8) is 0 Å². The van der Waals surface area contributed by atoms with E-state index in [0.717, 1.165) is 12.8 Å². The molecule has 5 amide bonds. The van der Waals surface area contributed by atoms with Crippen molar-refractivity contribution in [3.05, 3.63) is 30.1 Å². The van der Waals surface area contributed by atoms with Gasteiger partial charge >= 0.3 is 6.03 Å². The topological polar surface area (TPSA) is 181 Å². The third-order valence-electron chi connectivity index (χ3n) is 7.34. The van der Waals surface area contributed by atoms with E-state index in [2.05, 4.69) is 20.9 Å². The third kappa shape index (κ3) is 9.35. The Morgan fingerprint density at radius 1 is 1.02 bits per heavy atom. The zero-order valence-corrected chi connectivity index (χ0v) is 25.6. The van der Waals surface area contributed by atoms with Crippen LogP contribution in [0.3, 0.4) is 0 Å². The number of urea groups is 1. The maximum Gasteiger partial charge on any atom is 0.316 e. The molecule has 0 bridgehead atoms. The molecule has 1 aromatic heterocycles. The largest absolute Gasteiger partial charge is 0.363 e. The Labute approximate surface area is 247 Å². The van der Waals surface area contributed by atoms with E-state index >= 15 is 0 Å². The molecule has 4 atom stereocenters. The molecule has 1 aromatic rings. The minimum Gasteiger partial charge on any atom is -0.363 e. The van der Waals surface area contributed by atoms with E-state index in [0.29, 0.717) is 37.8 Å². The maximum atomic E-state index is 13.8. The average Bonchev–Trinajstić information content (AvgIpc) is 3.64. The fourth-order valence-corrected chi connectivity index (χ4v) is 4.87. The standard InChI is InChI=1S/C28H40N6O6.C2H6/c1-5-18(21(35)17-8-6-12-30-15-17)32-27(40)33-23(28(2,3)4)26(39)34-13-7-9-20(34)25(38)31-19(14-16-10-11-16)22(36)24(29)37;1-2/h6,8,12,15-16,18-20,23H,5,7,9-11,13-14H2,1-4H3,(H2,29,37)(H,31,38)(H2,32,33,40);1-2H3. The summed E-state index contributed by atoms with van der Waals surface area (Å²) in [6.45, 7) is 11.4. The average molecular weight is 587 g/mol. The lowest BCUT2D eigenvalue weighted by Crippen LogP contribution is -2.60. The Balaban J connectivity index is 0.00000301. The highest BCUT2D eigenvalue weighted by Gasteiger charge is 2.43. The number of amides is 5. The summed E-state index contributed by atoms with van der Waals surface area (Å²) in [6.07, 6.45) is 6.40. The monoisotopic (exact) mass is 586 g/mol. The smallest absolute Gasteiger partial charge is 0.316 e. The zero-order valence-electron chi connectivity index (χ0n) is 25.6. The number of carbonyl (C=O) groups excluding carboxylic acids is 6. The molecule has 4 unspecified atom stereocenters. The van der Waals surface area contributed by atoms with Crippen molar-refractivity contribution >= 4 is 35.3 Å². The highest BCUT2D eigenvalue weighted by Crippen LogP contribution is 2.34. The second-order valence-corrected chi connectivity index (χ2v) is 11.6. The first-order valence-electron chi connectivity index (χ1n) is 14.8. The molecule has 0 aromatic carbocycles. The van der Waals surface area contributed by atoms with E-state index in [1.807, 2.05) is 13.8 Å². The SMILES string of the molecule is CC.CCC(NC(=O)NC(C(=O)N1CCCC1C(=O)NC(CC1CC1)C(=O)C(N)=O)C(C)(C)C)C(=O)c1cccnc1. The zero-order chi connectivity index (χ0) is 31.6. The van der Waals surface area contributed by atoms with Crippen LogP contribution >= 0.6 is 0 Å². The molecule has 1 aliphatic carbocycles. The highest BCUT2D eigenvalue weighted by atomic mass is 16.2. The number of aromatic nitrogens is 1. The number of hydrogen-bond acceptors (Lipinski definition) is 7. The third-order valence-corrected chi connectivity index (χ3v) is 7.34. The quantitative estimate of drug-likeness (QED) is 0.214. The van der Waals surface area contributed by atoms with E-state index < -0.39 is 59.1 Å². The summed E-state index contributed by atoms with van der Waals surface area (Å²) in [7, 11) is 0. The summed E-state index contributed by atoms with van der Waals surface area (Å²) >= 11 is 0. The van der Waals surface area contributed by atoms with Gasteiger partial charge in [0.25, 0.3) is 5.91 Å². The van der Waals surface area contributed by atoms with Crippen LogP contribution in [0.1, 0.15) is 90.4 Å². The maximum absolute atomic E-state index is 13.8. The second kappa shape index (κ2) is 15.4. The predicted octanol–water partition coefficient (Wildman–Crippen LogP) is 2.11. The van der Waals surface area contributed by atoms with E-state index in [-0.39, 0.29) is 11.7 Å². The molecule has 1 saturated carbocycles. The lowest BCUT2D eigenvalue weighted by Gasteiger charge is -2.36. The molecule has 2 fully saturated rings. The van der Waals surface area contributed by atoms with Crippen LogP contribution in [0.5, 0.6) is 0 Å². The number of ketones is 2. The molecule has 2 heterocycles. The molecular weight excluding hydrogens is 540 g/mol. The molecule has 5 N–H and O–H groups in total. The Morgan fingerprint density at radius 2 is 1.69 bits per heavy atom. The van der Waals surface area contributed by atoms with Gasteiger partial charge in [0.05, 0.1) is 12.1 Å². The summed E-state index contributed by atoms with van der Waals surface area (Å²) in [5.41, 5.74) is 4.82. The Kier molecular flexibility index (Phi) is 12.6. The van der Waals surface area contributed by atoms with Gasteiger partial charge in [0.1, 0.15) is 12.1 Å². The van der Waals surface area contributed by atoms with Gasteiger partial charge in [0, 0.05) is 24.5 Å². The molecule has 0 spiro atoms. The number of pyridine rings is 1. The van der Waals surface area contributed by atoms with Crippen LogP contribution in [-0.2, 0) is 19.2 Å². The Bertz CT molecular complexity index is 1130. The molecule has 2 aliphatic rings. The first-order chi connectivity index (χ1) is 19.8. The van der Waals surface area contributed by atoms with Gasteiger partial charge in [-0.05, 0) is 49.1 Å². The van der Waals surface area contributed by atoms with Gasteiger partial charge in [0.15, 0.2) is 5.78 Å². The molecule has 12 heteroatoms. The molecule has 232 valence electrons. The van der Waals surface area contributed by atoms with Crippen LogP contribution in [0.25, 0.3) is 0 Å². The summed E-state index contributed by atoms with van der Waals surface area (Å²) in [5.74, 6) is -3.00. The summed E-state index contributed by atoms with van der Waals surface area (Å²) < 4.78 is 0. The molecule has 1 saturated heterocycles. The number of Topliss-reactive ketones (excluding diaryl/α,β-unsaturated/α-hetero) is 2. The van der Waals surface area contributed by atoms with E-state index in [9.17, 15) is 28.8 Å². The van der Waals surface area contributed by atoms with Gasteiger partial charge in [-0.2, -0.15) is 0 Å². The number of primary amides is 1. The van der Waals surface area contributed by atoms with Crippen LogP contribution in [0.2, 0.25) is 0 Å². The van der Waals surface area contributed by atoms with E-state index in [1.54, 1.807) is 46.0 Å². The molecule has 3 rings (SSSR count). The number of likely N-dealkylation sites (tertiary alicyclic amines) is 1. The Hall–Kier alpha value is -3.83. The molecule has 1 aliphatic heterocycles. The van der Waals surface area contributed by atoms with Crippen LogP contribution < -0.4 is 21.7 Å². The summed E-state index contributed by atoms with van der Waals surface area (Å²) in [5, 5.41) is 8.03. The lowest BCUT2D eigenvalue weighted by molar-refractivity contribution is -0.143. The summed E-state index contributed by atoms with van der Waals surface area (Å²) in [6, 6.07) is -1.16. The second-order valence-electron chi connectivity index (χ2n) is 11.6. The number of nitrogens with one attached hydrogen (secondary N) is 3.